The topological polar surface area (TPSA) is 27.3 Å². The highest BCUT2D eigenvalue weighted by atomic mass is 19.1. The maximum atomic E-state index is 13.4. The summed E-state index contributed by atoms with van der Waals surface area (Å²) in [5.41, 5.74) is 0.503. The SMILES string of the molecule is CN1CCNCC1CNCc1ccc(F)cc1F. The van der Waals surface area contributed by atoms with E-state index >= 15 is 0 Å². The lowest BCUT2D eigenvalue weighted by Crippen LogP contribution is -2.53. The van der Waals surface area contributed by atoms with Crippen LogP contribution in [0.15, 0.2) is 18.2 Å². The normalized spacial score (nSPS) is 21.2. The van der Waals surface area contributed by atoms with Gasteiger partial charge in [0.15, 0.2) is 0 Å². The molecule has 0 aliphatic carbocycles. The van der Waals surface area contributed by atoms with Gasteiger partial charge in [0.05, 0.1) is 0 Å². The van der Waals surface area contributed by atoms with Gasteiger partial charge in [-0.1, -0.05) is 6.07 Å². The fraction of sp³-hybridized carbons (Fsp3) is 0.538. The predicted octanol–water partition coefficient (Wildman–Crippen LogP) is 0.958. The Bertz CT molecular complexity index is 398. The number of likely N-dealkylation sites (N-methyl/N-ethyl adjacent to an activating group) is 1. The van der Waals surface area contributed by atoms with Crippen molar-refractivity contribution in [3.63, 3.8) is 0 Å². The minimum absolute atomic E-state index is 0.419. The van der Waals surface area contributed by atoms with Crippen molar-refractivity contribution in [3.8, 4) is 0 Å². The lowest BCUT2D eigenvalue weighted by molar-refractivity contribution is 0.195. The van der Waals surface area contributed by atoms with Crippen LogP contribution in [0.25, 0.3) is 0 Å². The Morgan fingerprint density at radius 2 is 2.28 bits per heavy atom. The van der Waals surface area contributed by atoms with E-state index in [0.717, 1.165) is 32.2 Å². The summed E-state index contributed by atoms with van der Waals surface area (Å²) >= 11 is 0. The molecule has 2 rings (SSSR count). The summed E-state index contributed by atoms with van der Waals surface area (Å²) in [5.74, 6) is -1.02. The second-order valence-corrected chi connectivity index (χ2v) is 4.71. The van der Waals surface area contributed by atoms with E-state index in [0.29, 0.717) is 18.2 Å². The summed E-state index contributed by atoms with van der Waals surface area (Å²) < 4.78 is 26.1. The highest BCUT2D eigenvalue weighted by Crippen LogP contribution is 2.09. The first-order chi connectivity index (χ1) is 8.66. The molecule has 0 saturated carbocycles. The van der Waals surface area contributed by atoms with Crippen LogP contribution >= 0.6 is 0 Å². The summed E-state index contributed by atoms with van der Waals surface area (Å²) in [4.78, 5) is 2.28. The predicted molar refractivity (Wildman–Crippen MR) is 67.4 cm³/mol. The molecule has 1 aliphatic heterocycles. The van der Waals surface area contributed by atoms with E-state index in [1.165, 1.54) is 12.1 Å². The quantitative estimate of drug-likeness (QED) is 0.839. The Hall–Kier alpha value is -1.04. The molecule has 3 nitrogen and oxygen atoms in total. The summed E-state index contributed by atoms with van der Waals surface area (Å²) in [5, 5.41) is 6.55. The van der Waals surface area contributed by atoms with Crippen LogP contribution in [0.5, 0.6) is 0 Å². The monoisotopic (exact) mass is 255 g/mol. The Morgan fingerprint density at radius 3 is 3.00 bits per heavy atom. The second kappa shape index (κ2) is 6.22. The third kappa shape index (κ3) is 3.48. The third-order valence-corrected chi connectivity index (χ3v) is 3.36. The molecule has 1 atom stereocenters. The molecule has 1 unspecified atom stereocenters. The minimum atomic E-state index is -0.535. The van der Waals surface area contributed by atoms with Gasteiger partial charge in [-0.05, 0) is 13.1 Å². The van der Waals surface area contributed by atoms with Crippen LogP contribution in [-0.2, 0) is 6.54 Å². The molecule has 1 aromatic rings. The molecule has 5 heteroatoms. The Kier molecular flexibility index (Phi) is 4.63. The Labute approximate surface area is 106 Å². The third-order valence-electron chi connectivity index (χ3n) is 3.36. The summed E-state index contributed by atoms with van der Waals surface area (Å²) in [7, 11) is 2.09. The largest absolute Gasteiger partial charge is 0.314 e. The lowest BCUT2D eigenvalue weighted by atomic mass is 10.2. The van der Waals surface area contributed by atoms with Gasteiger partial charge < -0.3 is 10.6 Å². The molecule has 0 spiro atoms. The number of benzene rings is 1. The van der Waals surface area contributed by atoms with Gasteiger partial charge in [-0.2, -0.15) is 0 Å². The standard InChI is InChI=1S/C13H19F2N3/c1-18-5-4-16-8-12(18)9-17-7-10-2-3-11(14)6-13(10)15/h2-3,6,12,16-17H,4-5,7-9H2,1H3. The summed E-state index contributed by atoms with van der Waals surface area (Å²) in [6, 6.07) is 4.11. The van der Waals surface area contributed by atoms with Crippen molar-refractivity contribution in [2.45, 2.75) is 12.6 Å². The zero-order chi connectivity index (χ0) is 13.0. The highest BCUT2D eigenvalue weighted by Gasteiger charge is 2.17. The number of nitrogens with one attached hydrogen (secondary N) is 2. The van der Waals surface area contributed by atoms with E-state index in [4.69, 9.17) is 0 Å². The molecule has 1 heterocycles. The number of nitrogens with zero attached hydrogens (tertiary/aromatic N) is 1. The number of piperazine rings is 1. The van der Waals surface area contributed by atoms with Crippen molar-refractivity contribution < 1.29 is 8.78 Å². The Balaban J connectivity index is 1.81. The van der Waals surface area contributed by atoms with Gasteiger partial charge in [-0.25, -0.2) is 8.78 Å². The maximum Gasteiger partial charge on any atom is 0.130 e. The van der Waals surface area contributed by atoms with Crippen molar-refractivity contribution in [1.29, 1.82) is 0 Å². The molecule has 0 amide bonds. The molecule has 0 radical (unpaired) electrons. The van der Waals surface area contributed by atoms with E-state index in [-0.39, 0.29) is 0 Å². The van der Waals surface area contributed by atoms with E-state index in [1.807, 2.05) is 0 Å². The first-order valence-corrected chi connectivity index (χ1v) is 6.22. The molecule has 0 aromatic heterocycles. The average Bonchev–Trinajstić information content (AvgIpc) is 2.34. The van der Waals surface area contributed by atoms with Gasteiger partial charge in [-0.3, -0.25) is 4.90 Å². The van der Waals surface area contributed by atoms with Gasteiger partial charge in [0.2, 0.25) is 0 Å². The molecule has 1 aromatic carbocycles. The summed E-state index contributed by atoms with van der Waals surface area (Å²) in [6.07, 6.45) is 0. The number of hydrogen-bond acceptors (Lipinski definition) is 3. The van der Waals surface area contributed by atoms with Crippen LogP contribution in [0.4, 0.5) is 8.78 Å². The van der Waals surface area contributed by atoms with Gasteiger partial charge in [0, 0.05) is 50.4 Å². The molecular formula is C13H19F2N3. The number of hydrogen-bond donors (Lipinski definition) is 2. The average molecular weight is 255 g/mol. The lowest BCUT2D eigenvalue weighted by Gasteiger charge is -2.33. The first kappa shape index (κ1) is 13.4. The fourth-order valence-corrected chi connectivity index (χ4v) is 2.13. The van der Waals surface area contributed by atoms with Crippen molar-refractivity contribution in [1.82, 2.24) is 15.5 Å². The molecule has 1 fully saturated rings. The molecule has 1 aliphatic rings. The fourth-order valence-electron chi connectivity index (χ4n) is 2.13. The first-order valence-electron chi connectivity index (χ1n) is 6.22. The van der Waals surface area contributed by atoms with Crippen LogP contribution < -0.4 is 10.6 Å². The molecule has 0 bridgehead atoms. The molecule has 100 valence electrons. The number of halogens is 2. The second-order valence-electron chi connectivity index (χ2n) is 4.71. The minimum Gasteiger partial charge on any atom is -0.314 e. The van der Waals surface area contributed by atoms with Crippen LogP contribution in [0, 0.1) is 11.6 Å². The molecule has 1 saturated heterocycles. The van der Waals surface area contributed by atoms with Crippen LogP contribution in [-0.4, -0.2) is 44.2 Å². The zero-order valence-corrected chi connectivity index (χ0v) is 10.5. The van der Waals surface area contributed by atoms with Gasteiger partial charge in [-0.15, -0.1) is 0 Å². The van der Waals surface area contributed by atoms with E-state index in [1.54, 1.807) is 0 Å². The van der Waals surface area contributed by atoms with Crippen LogP contribution in [0.3, 0.4) is 0 Å². The highest BCUT2D eigenvalue weighted by molar-refractivity contribution is 5.18. The van der Waals surface area contributed by atoms with E-state index < -0.39 is 11.6 Å². The maximum absolute atomic E-state index is 13.4. The van der Waals surface area contributed by atoms with Crippen molar-refractivity contribution in [3.05, 3.63) is 35.4 Å². The van der Waals surface area contributed by atoms with Crippen LogP contribution in [0.1, 0.15) is 5.56 Å². The van der Waals surface area contributed by atoms with Crippen LogP contribution in [0.2, 0.25) is 0 Å². The van der Waals surface area contributed by atoms with E-state index in [9.17, 15) is 8.78 Å². The molecule has 2 N–H and O–H groups in total. The van der Waals surface area contributed by atoms with Gasteiger partial charge >= 0.3 is 0 Å². The smallest absolute Gasteiger partial charge is 0.130 e. The molecular weight excluding hydrogens is 236 g/mol. The molecule has 18 heavy (non-hydrogen) atoms. The number of rotatable bonds is 4. The van der Waals surface area contributed by atoms with E-state index in [2.05, 4.69) is 22.6 Å². The van der Waals surface area contributed by atoms with Gasteiger partial charge in [0.1, 0.15) is 11.6 Å². The van der Waals surface area contributed by atoms with Gasteiger partial charge in [0.25, 0.3) is 0 Å². The van der Waals surface area contributed by atoms with Crippen molar-refractivity contribution >= 4 is 0 Å². The van der Waals surface area contributed by atoms with Crippen molar-refractivity contribution in [2.24, 2.45) is 0 Å². The summed E-state index contributed by atoms with van der Waals surface area (Å²) in [6.45, 7) is 4.20. The Morgan fingerprint density at radius 1 is 1.44 bits per heavy atom. The zero-order valence-electron chi connectivity index (χ0n) is 10.5. The van der Waals surface area contributed by atoms with Crippen molar-refractivity contribution in [2.75, 3.05) is 33.2 Å².